The third kappa shape index (κ3) is 7.10. The number of carbonyl (C=O) groups excluding carboxylic acids is 4. The molecule has 1 aliphatic heterocycles. The molecule has 2 rings (SSSR count). The maximum atomic E-state index is 11.8. The second-order valence-electron chi connectivity index (χ2n) is 6.77. The third-order valence-electron chi connectivity index (χ3n) is 4.12. The van der Waals surface area contributed by atoms with Crippen LogP contribution in [0.15, 0.2) is 18.3 Å². The minimum atomic E-state index is -1.60. The molecule has 2 heterocycles. The number of nitrogens with zero attached hydrogens (tertiary/aromatic N) is 2. The van der Waals surface area contributed by atoms with E-state index < -0.39 is 71.9 Å². The summed E-state index contributed by atoms with van der Waals surface area (Å²) in [5, 5.41) is 11.3. The quantitative estimate of drug-likeness (QED) is 0.221. The maximum absolute atomic E-state index is 11.8. The van der Waals surface area contributed by atoms with Gasteiger partial charge in [-0.1, -0.05) is 0 Å². The zero-order chi connectivity index (χ0) is 24.7. The molecule has 5 atom stereocenters. The van der Waals surface area contributed by atoms with Crippen molar-refractivity contribution in [1.29, 1.82) is 0 Å². The van der Waals surface area contributed by atoms with Crippen LogP contribution in [0, 0.1) is 10.1 Å². The van der Waals surface area contributed by atoms with E-state index in [1.165, 1.54) is 12.1 Å². The van der Waals surface area contributed by atoms with Gasteiger partial charge in [0.1, 0.15) is 18.9 Å². The van der Waals surface area contributed by atoms with Crippen LogP contribution < -0.4 is 4.74 Å². The topological polar surface area (TPSA) is 180 Å². The molecule has 0 aliphatic carbocycles. The molecule has 180 valence electrons. The number of nitro groups is 1. The molecular formula is C19H22N2O12. The van der Waals surface area contributed by atoms with Crippen LogP contribution in [0.3, 0.4) is 0 Å². The summed E-state index contributed by atoms with van der Waals surface area (Å²) in [6, 6.07) is 2.58. The molecule has 1 aromatic heterocycles. The lowest BCUT2D eigenvalue weighted by molar-refractivity contribution is -0.391. The molecule has 0 N–H and O–H groups in total. The Bertz CT molecular complexity index is 920. The molecule has 14 heteroatoms. The highest BCUT2D eigenvalue weighted by Crippen LogP contribution is 2.33. The van der Waals surface area contributed by atoms with Gasteiger partial charge in [0, 0.05) is 27.7 Å². The lowest BCUT2D eigenvalue weighted by atomic mass is 9.98. The molecule has 33 heavy (non-hydrogen) atoms. The number of hydrogen-bond donors (Lipinski definition) is 0. The van der Waals surface area contributed by atoms with Gasteiger partial charge >= 0.3 is 29.7 Å². The average Bonchev–Trinajstić information content (AvgIpc) is 2.70. The fraction of sp³-hybridized carbons (Fsp3) is 0.526. The van der Waals surface area contributed by atoms with Gasteiger partial charge in [0.25, 0.3) is 0 Å². The van der Waals surface area contributed by atoms with Crippen molar-refractivity contribution in [2.45, 2.75) is 58.4 Å². The predicted molar refractivity (Wildman–Crippen MR) is 103 cm³/mol. The van der Waals surface area contributed by atoms with Crippen LogP contribution in [0.25, 0.3) is 0 Å². The van der Waals surface area contributed by atoms with Crippen LogP contribution in [-0.2, 0) is 42.9 Å². The minimum absolute atomic E-state index is 0.344. The summed E-state index contributed by atoms with van der Waals surface area (Å²) in [6.45, 7) is 3.86. The summed E-state index contributed by atoms with van der Waals surface area (Å²) >= 11 is 0. The first-order valence-corrected chi connectivity index (χ1v) is 9.56. The molecule has 1 aliphatic rings. The molecule has 0 unspecified atom stereocenters. The second-order valence-corrected chi connectivity index (χ2v) is 6.77. The summed E-state index contributed by atoms with van der Waals surface area (Å²) < 4.78 is 31.9. The predicted octanol–water partition coefficient (Wildman–Crippen LogP) is 0.452. The Labute approximate surface area is 187 Å². The van der Waals surface area contributed by atoms with Crippen LogP contribution in [0.4, 0.5) is 5.82 Å². The van der Waals surface area contributed by atoms with E-state index in [4.69, 9.17) is 28.4 Å². The van der Waals surface area contributed by atoms with E-state index in [0.717, 1.165) is 33.9 Å². The van der Waals surface area contributed by atoms with Gasteiger partial charge in [-0.05, 0) is 22.0 Å². The van der Waals surface area contributed by atoms with Gasteiger partial charge in [0.05, 0.1) is 0 Å². The van der Waals surface area contributed by atoms with Crippen molar-refractivity contribution in [3.8, 4) is 5.75 Å². The zero-order valence-electron chi connectivity index (χ0n) is 18.1. The van der Waals surface area contributed by atoms with Crippen molar-refractivity contribution in [3.63, 3.8) is 0 Å². The molecule has 0 amide bonds. The van der Waals surface area contributed by atoms with Crippen molar-refractivity contribution < 1.29 is 52.5 Å². The van der Waals surface area contributed by atoms with Gasteiger partial charge in [-0.25, -0.2) is 0 Å². The fourth-order valence-electron chi connectivity index (χ4n) is 3.02. The number of aromatic nitrogens is 1. The van der Waals surface area contributed by atoms with E-state index in [2.05, 4.69) is 4.98 Å². The Morgan fingerprint density at radius 1 is 0.970 bits per heavy atom. The highest BCUT2D eigenvalue weighted by molar-refractivity contribution is 5.68. The molecule has 1 saturated heterocycles. The normalized spacial score (nSPS) is 24.2. The SMILES string of the molecule is CC(=O)OC[C@H]1O[C@@H](Oc2cccnc2[N+](=O)[O-])[C@H](OC(C)=O)[C@@H](OC(C)=O)[C@H]1OC(C)=O. The number of pyridine rings is 1. The Hall–Kier alpha value is -3.81. The van der Waals surface area contributed by atoms with Crippen molar-refractivity contribution in [2.24, 2.45) is 0 Å². The Morgan fingerprint density at radius 3 is 2.09 bits per heavy atom. The molecule has 1 fully saturated rings. The van der Waals surface area contributed by atoms with E-state index in [1.807, 2.05) is 0 Å². The first-order valence-electron chi connectivity index (χ1n) is 9.56. The first kappa shape index (κ1) is 25.5. The number of carbonyl (C=O) groups is 4. The molecule has 0 aromatic carbocycles. The molecule has 1 aromatic rings. The maximum Gasteiger partial charge on any atom is 0.406 e. The van der Waals surface area contributed by atoms with Crippen molar-refractivity contribution in [2.75, 3.05) is 6.61 Å². The monoisotopic (exact) mass is 470 g/mol. The highest BCUT2D eigenvalue weighted by Gasteiger charge is 2.53. The average molecular weight is 470 g/mol. The number of hydrogen-bond acceptors (Lipinski definition) is 13. The van der Waals surface area contributed by atoms with Gasteiger partial charge in [0.2, 0.25) is 18.1 Å². The summed E-state index contributed by atoms with van der Waals surface area (Å²) in [4.78, 5) is 60.7. The molecule has 0 bridgehead atoms. The van der Waals surface area contributed by atoms with Gasteiger partial charge in [0.15, 0.2) is 12.2 Å². The highest BCUT2D eigenvalue weighted by atomic mass is 16.7. The molecular weight excluding hydrogens is 448 g/mol. The summed E-state index contributed by atoms with van der Waals surface area (Å²) in [6.07, 6.45) is -6.06. The van der Waals surface area contributed by atoms with Crippen LogP contribution >= 0.6 is 0 Å². The van der Waals surface area contributed by atoms with Gasteiger partial charge in [-0.3, -0.25) is 19.2 Å². The van der Waals surface area contributed by atoms with E-state index in [-0.39, 0.29) is 5.75 Å². The Balaban J connectivity index is 2.51. The lowest BCUT2D eigenvalue weighted by Gasteiger charge is -2.43. The van der Waals surface area contributed by atoms with E-state index in [1.54, 1.807) is 0 Å². The van der Waals surface area contributed by atoms with E-state index >= 15 is 0 Å². The molecule has 0 spiro atoms. The minimum Gasteiger partial charge on any atom is -0.463 e. The molecule has 0 saturated carbocycles. The number of esters is 4. The standard InChI is InChI=1S/C19H22N2O12/c1-9(22)28-8-14-15(29-10(2)23)16(30-11(3)24)17(31-12(4)25)19(33-14)32-13-6-5-7-20-18(13)21(26)27/h5-7,14-17,19H,8H2,1-4H3/t14-,15+,16+,17-,19-/m1/s1. The van der Waals surface area contributed by atoms with E-state index in [9.17, 15) is 29.3 Å². The Morgan fingerprint density at radius 2 is 1.55 bits per heavy atom. The van der Waals surface area contributed by atoms with Crippen molar-refractivity contribution >= 4 is 29.7 Å². The van der Waals surface area contributed by atoms with Crippen molar-refractivity contribution in [1.82, 2.24) is 4.98 Å². The largest absolute Gasteiger partial charge is 0.463 e. The second kappa shape index (κ2) is 11.2. The number of ether oxygens (including phenoxy) is 6. The summed E-state index contributed by atoms with van der Waals surface area (Å²) in [5.41, 5.74) is 0. The van der Waals surface area contributed by atoms with Gasteiger partial charge in [-0.2, -0.15) is 0 Å². The van der Waals surface area contributed by atoms with Crippen LogP contribution in [0.5, 0.6) is 5.75 Å². The zero-order valence-corrected chi connectivity index (χ0v) is 18.1. The first-order chi connectivity index (χ1) is 15.5. The Kier molecular flexibility index (Phi) is 8.62. The molecule has 14 nitrogen and oxygen atoms in total. The van der Waals surface area contributed by atoms with Gasteiger partial charge in [-0.15, -0.1) is 0 Å². The van der Waals surface area contributed by atoms with E-state index in [0.29, 0.717) is 0 Å². The van der Waals surface area contributed by atoms with Crippen LogP contribution in [0.1, 0.15) is 27.7 Å². The van der Waals surface area contributed by atoms with Gasteiger partial charge < -0.3 is 38.5 Å². The van der Waals surface area contributed by atoms with Crippen LogP contribution in [-0.4, -0.2) is 71.1 Å². The van der Waals surface area contributed by atoms with Crippen LogP contribution in [0.2, 0.25) is 0 Å². The summed E-state index contributed by atoms with van der Waals surface area (Å²) in [5.74, 6) is -4.15. The lowest BCUT2D eigenvalue weighted by Crippen LogP contribution is -2.63. The number of rotatable bonds is 8. The summed E-state index contributed by atoms with van der Waals surface area (Å²) in [7, 11) is 0. The molecule has 0 radical (unpaired) electrons. The fourth-order valence-corrected chi connectivity index (χ4v) is 3.02. The smallest absolute Gasteiger partial charge is 0.406 e. The third-order valence-corrected chi connectivity index (χ3v) is 4.12. The van der Waals surface area contributed by atoms with Crippen molar-refractivity contribution in [3.05, 3.63) is 28.4 Å².